The summed E-state index contributed by atoms with van der Waals surface area (Å²) in [6, 6.07) is 12.9. The van der Waals surface area contributed by atoms with E-state index in [1.807, 2.05) is 30.3 Å². The van der Waals surface area contributed by atoms with Gasteiger partial charge in [-0.2, -0.15) is 0 Å². The maximum atomic E-state index is 13.4. The van der Waals surface area contributed by atoms with Gasteiger partial charge >= 0.3 is 0 Å². The number of nitrogens with zero attached hydrogens (tertiary/aromatic N) is 4. The lowest BCUT2D eigenvalue weighted by Crippen LogP contribution is -2.37. The molecule has 0 spiro atoms. The molecular formula is C23H24ClFN4O. The maximum absolute atomic E-state index is 13.4. The van der Waals surface area contributed by atoms with Crippen LogP contribution in [0.4, 0.5) is 10.2 Å². The van der Waals surface area contributed by atoms with Crippen LogP contribution in [0.3, 0.4) is 0 Å². The number of hydrogen-bond donors (Lipinski definition) is 0. The monoisotopic (exact) mass is 426 g/mol. The maximum Gasteiger partial charge on any atom is 0.145 e. The SMILES string of the molecule is Fc1ccc(C2CCCN2Cc2nc(N3CCOCC3)c3ccc(Cl)cc3n2)cc1. The standard InChI is InChI=1S/C23H24ClFN4O/c24-17-5-8-19-20(14-17)26-22(27-23(19)28-10-12-30-13-11-28)15-29-9-1-2-21(29)16-3-6-18(25)7-4-16/h3-8,14,21H,1-2,9-13,15H2. The molecule has 5 rings (SSSR count). The van der Waals surface area contributed by atoms with E-state index in [0.717, 1.165) is 60.6 Å². The molecule has 30 heavy (non-hydrogen) atoms. The van der Waals surface area contributed by atoms with Crippen LogP contribution in [0.25, 0.3) is 10.9 Å². The molecule has 3 heterocycles. The Morgan fingerprint density at radius 3 is 2.63 bits per heavy atom. The molecule has 7 heteroatoms. The lowest BCUT2D eigenvalue weighted by atomic mass is 10.0. The summed E-state index contributed by atoms with van der Waals surface area (Å²) in [6.07, 6.45) is 2.17. The molecule has 1 aromatic heterocycles. The number of aromatic nitrogens is 2. The minimum absolute atomic E-state index is 0.201. The predicted octanol–water partition coefficient (Wildman–Crippen LogP) is 4.60. The van der Waals surface area contributed by atoms with Crippen molar-refractivity contribution in [1.29, 1.82) is 0 Å². The minimum Gasteiger partial charge on any atom is -0.378 e. The van der Waals surface area contributed by atoms with Gasteiger partial charge in [0.05, 0.1) is 25.3 Å². The second-order valence-corrected chi connectivity index (χ2v) is 8.34. The molecule has 2 saturated heterocycles. The first-order valence-electron chi connectivity index (χ1n) is 10.5. The van der Waals surface area contributed by atoms with Crippen molar-refractivity contribution in [2.24, 2.45) is 0 Å². The van der Waals surface area contributed by atoms with Crippen LogP contribution in [0.2, 0.25) is 5.02 Å². The van der Waals surface area contributed by atoms with Gasteiger partial charge in [-0.05, 0) is 55.3 Å². The molecule has 0 aliphatic carbocycles. The third-order valence-corrected chi connectivity index (χ3v) is 6.19. The van der Waals surface area contributed by atoms with Crippen molar-refractivity contribution in [2.45, 2.75) is 25.4 Å². The highest BCUT2D eigenvalue weighted by molar-refractivity contribution is 6.31. The Hall–Kier alpha value is -2.28. The van der Waals surface area contributed by atoms with E-state index in [0.29, 0.717) is 24.8 Å². The summed E-state index contributed by atoms with van der Waals surface area (Å²) in [5.74, 6) is 1.54. The Kier molecular flexibility index (Phi) is 5.54. The number of ether oxygens (including phenoxy) is 1. The smallest absolute Gasteiger partial charge is 0.145 e. The highest BCUT2D eigenvalue weighted by Crippen LogP contribution is 2.34. The second kappa shape index (κ2) is 8.46. The van der Waals surface area contributed by atoms with Gasteiger partial charge in [0.15, 0.2) is 0 Å². The molecule has 0 bridgehead atoms. The first-order valence-corrected chi connectivity index (χ1v) is 10.8. The molecular weight excluding hydrogens is 403 g/mol. The Balaban J connectivity index is 1.48. The van der Waals surface area contributed by atoms with Crippen molar-refractivity contribution in [2.75, 3.05) is 37.7 Å². The number of morpholine rings is 1. The van der Waals surface area contributed by atoms with Gasteiger partial charge in [0.2, 0.25) is 0 Å². The molecule has 0 saturated carbocycles. The van der Waals surface area contributed by atoms with E-state index in [2.05, 4.69) is 9.80 Å². The van der Waals surface area contributed by atoms with Gasteiger partial charge in [0, 0.05) is 29.5 Å². The molecule has 0 N–H and O–H groups in total. The van der Waals surface area contributed by atoms with Gasteiger partial charge in [0.25, 0.3) is 0 Å². The first kappa shape index (κ1) is 19.7. The molecule has 5 nitrogen and oxygen atoms in total. The summed E-state index contributed by atoms with van der Waals surface area (Å²) in [4.78, 5) is 14.5. The quantitative estimate of drug-likeness (QED) is 0.610. The summed E-state index contributed by atoms with van der Waals surface area (Å²) in [5, 5.41) is 1.69. The van der Waals surface area contributed by atoms with E-state index in [4.69, 9.17) is 26.3 Å². The Labute approximate surface area is 180 Å². The lowest BCUT2D eigenvalue weighted by molar-refractivity contribution is 0.122. The highest BCUT2D eigenvalue weighted by Gasteiger charge is 2.27. The second-order valence-electron chi connectivity index (χ2n) is 7.90. The van der Waals surface area contributed by atoms with Crippen molar-refractivity contribution in [3.05, 3.63) is 64.7 Å². The molecule has 1 unspecified atom stereocenters. The van der Waals surface area contributed by atoms with Crippen molar-refractivity contribution >= 4 is 28.3 Å². The van der Waals surface area contributed by atoms with E-state index in [9.17, 15) is 4.39 Å². The van der Waals surface area contributed by atoms with Crippen molar-refractivity contribution in [3.8, 4) is 0 Å². The van der Waals surface area contributed by atoms with E-state index in [-0.39, 0.29) is 11.9 Å². The lowest BCUT2D eigenvalue weighted by Gasteiger charge is -2.29. The molecule has 0 radical (unpaired) electrons. The van der Waals surface area contributed by atoms with Gasteiger partial charge in [-0.3, -0.25) is 4.90 Å². The van der Waals surface area contributed by atoms with Crippen LogP contribution < -0.4 is 4.90 Å². The number of rotatable bonds is 4. The average Bonchev–Trinajstić information content (AvgIpc) is 3.22. The summed E-state index contributed by atoms with van der Waals surface area (Å²) in [7, 11) is 0. The van der Waals surface area contributed by atoms with Gasteiger partial charge in [-0.25, -0.2) is 14.4 Å². The van der Waals surface area contributed by atoms with Gasteiger partial charge < -0.3 is 9.64 Å². The van der Waals surface area contributed by atoms with Crippen LogP contribution in [-0.4, -0.2) is 47.7 Å². The summed E-state index contributed by atoms with van der Waals surface area (Å²) in [5.41, 5.74) is 2.01. The zero-order valence-corrected chi connectivity index (χ0v) is 17.5. The van der Waals surface area contributed by atoms with Crippen LogP contribution in [-0.2, 0) is 11.3 Å². The van der Waals surface area contributed by atoms with Crippen LogP contribution >= 0.6 is 11.6 Å². The van der Waals surface area contributed by atoms with E-state index in [1.54, 1.807) is 0 Å². The molecule has 0 amide bonds. The summed E-state index contributed by atoms with van der Waals surface area (Å²) in [6.45, 7) is 4.67. The predicted molar refractivity (Wildman–Crippen MR) is 116 cm³/mol. The minimum atomic E-state index is -0.201. The number of likely N-dealkylation sites (tertiary alicyclic amines) is 1. The topological polar surface area (TPSA) is 41.5 Å². The van der Waals surface area contributed by atoms with Gasteiger partial charge in [-0.15, -0.1) is 0 Å². The van der Waals surface area contributed by atoms with Gasteiger partial charge in [-0.1, -0.05) is 23.7 Å². The molecule has 3 aromatic rings. The van der Waals surface area contributed by atoms with E-state index < -0.39 is 0 Å². The van der Waals surface area contributed by atoms with Crippen LogP contribution in [0.1, 0.15) is 30.3 Å². The van der Waals surface area contributed by atoms with Crippen molar-refractivity contribution in [1.82, 2.24) is 14.9 Å². The number of halogens is 2. The Morgan fingerprint density at radius 1 is 1.03 bits per heavy atom. The van der Waals surface area contributed by atoms with E-state index >= 15 is 0 Å². The number of hydrogen-bond acceptors (Lipinski definition) is 5. The van der Waals surface area contributed by atoms with Crippen molar-refractivity contribution in [3.63, 3.8) is 0 Å². The molecule has 2 aromatic carbocycles. The zero-order chi connectivity index (χ0) is 20.5. The van der Waals surface area contributed by atoms with Gasteiger partial charge in [0.1, 0.15) is 17.5 Å². The van der Waals surface area contributed by atoms with E-state index in [1.165, 1.54) is 12.1 Å². The molecule has 2 aliphatic heterocycles. The first-order chi connectivity index (χ1) is 14.7. The fourth-order valence-corrected chi connectivity index (χ4v) is 4.65. The zero-order valence-electron chi connectivity index (χ0n) is 16.7. The molecule has 2 aliphatic rings. The third-order valence-electron chi connectivity index (χ3n) is 5.96. The average molecular weight is 427 g/mol. The third kappa shape index (κ3) is 4.00. The highest BCUT2D eigenvalue weighted by atomic mass is 35.5. The largest absolute Gasteiger partial charge is 0.378 e. The number of fused-ring (bicyclic) bond motifs is 1. The Bertz CT molecular complexity index is 1040. The van der Waals surface area contributed by atoms with Crippen LogP contribution in [0.5, 0.6) is 0 Å². The molecule has 1 atom stereocenters. The van der Waals surface area contributed by atoms with Crippen molar-refractivity contribution < 1.29 is 9.13 Å². The summed E-state index contributed by atoms with van der Waals surface area (Å²) >= 11 is 6.26. The van der Waals surface area contributed by atoms with Crippen LogP contribution in [0.15, 0.2) is 42.5 Å². The molecule has 156 valence electrons. The number of anilines is 1. The fraction of sp³-hybridized carbons (Fsp3) is 0.391. The normalized spacial score (nSPS) is 20.2. The molecule has 2 fully saturated rings. The number of benzene rings is 2. The fourth-order valence-electron chi connectivity index (χ4n) is 4.48. The Morgan fingerprint density at radius 2 is 1.83 bits per heavy atom. The summed E-state index contributed by atoms with van der Waals surface area (Å²) < 4.78 is 18.9. The van der Waals surface area contributed by atoms with Crippen LogP contribution in [0, 0.1) is 5.82 Å².